The Balaban J connectivity index is 1.43. The molecule has 1 spiro atoms. The van der Waals surface area contributed by atoms with Crippen LogP contribution in [0.4, 0.5) is 4.79 Å². The number of fused-ring (bicyclic) bond motifs is 1. The molecule has 15 nitrogen and oxygen atoms in total. The number of aliphatic hydroxyl groups is 2. The van der Waals surface area contributed by atoms with Gasteiger partial charge in [0, 0.05) is 25.7 Å². The molecule has 4 aliphatic rings. The third-order valence-electron chi connectivity index (χ3n) is 8.09. The number of rotatable bonds is 5. The standard InChI is InChI=1S/C24H35N9O6/c1-22(2)8-9-39-16-12(6-5-7-13(16)22)18(34)29-15-11-33-20(26)28-14(10-27-21(35)32(3)38-4)17-23(33,24(15,36)37)31-19(25)30-17/h5-7,14-15,17,36-37H,8-11H2,1-4H3,(H2,26,28)(H,27,35)(H,29,34)(H3,25,30,31)/t14-,15?,17?,23?/m0/s1. The SMILES string of the molecule is CON(C)C(=O)NC[C@@H]1N=C(N)N2CC(NC(=O)c3cccc4c3OCCC4(C)C)C(O)(O)C23NC(N)=NC13. The van der Waals surface area contributed by atoms with Crippen LogP contribution in [0.25, 0.3) is 0 Å². The molecule has 4 atom stereocenters. The maximum absolute atomic E-state index is 13.5. The molecule has 4 heterocycles. The number of hydrogen-bond donors (Lipinski definition) is 7. The summed E-state index contributed by atoms with van der Waals surface area (Å²) in [7, 11) is 2.77. The molecule has 0 radical (unpaired) electrons. The van der Waals surface area contributed by atoms with E-state index in [1.165, 1.54) is 19.1 Å². The van der Waals surface area contributed by atoms with Crippen molar-refractivity contribution in [1.29, 1.82) is 0 Å². The number of nitrogens with one attached hydrogen (secondary N) is 3. The topological polar surface area (TPSA) is 212 Å². The summed E-state index contributed by atoms with van der Waals surface area (Å²) >= 11 is 0. The summed E-state index contributed by atoms with van der Waals surface area (Å²) in [6.45, 7) is 4.47. The van der Waals surface area contributed by atoms with Crippen LogP contribution in [-0.4, -0.2) is 107 Å². The van der Waals surface area contributed by atoms with Crippen LogP contribution >= 0.6 is 0 Å². The number of carbonyl (C=O) groups excluding carboxylic acids is 2. The summed E-state index contributed by atoms with van der Waals surface area (Å²) in [6.07, 6.45) is 0.804. The predicted molar refractivity (Wildman–Crippen MR) is 140 cm³/mol. The summed E-state index contributed by atoms with van der Waals surface area (Å²) in [5.41, 5.74) is 11.6. The number of para-hydroxylation sites is 1. The van der Waals surface area contributed by atoms with Gasteiger partial charge in [-0.15, -0.1) is 0 Å². The first-order chi connectivity index (χ1) is 18.3. The lowest BCUT2D eigenvalue weighted by Crippen LogP contribution is -2.78. The smallest absolute Gasteiger partial charge is 0.341 e. The number of hydroxylamine groups is 2. The second-order valence-corrected chi connectivity index (χ2v) is 10.8. The number of nitrogens with two attached hydrogens (primary N) is 2. The molecule has 1 fully saturated rings. The van der Waals surface area contributed by atoms with Gasteiger partial charge in [-0.3, -0.25) is 9.63 Å². The van der Waals surface area contributed by atoms with Gasteiger partial charge in [0.1, 0.15) is 17.8 Å². The monoisotopic (exact) mass is 545 g/mol. The molecule has 15 heteroatoms. The number of urea groups is 1. The van der Waals surface area contributed by atoms with E-state index in [1.807, 2.05) is 6.07 Å². The van der Waals surface area contributed by atoms with E-state index in [0.717, 1.165) is 17.0 Å². The first kappa shape index (κ1) is 26.8. The van der Waals surface area contributed by atoms with Gasteiger partial charge < -0.3 is 47.3 Å². The average molecular weight is 546 g/mol. The van der Waals surface area contributed by atoms with Crippen molar-refractivity contribution in [2.24, 2.45) is 21.5 Å². The minimum atomic E-state index is -2.61. The van der Waals surface area contributed by atoms with Crippen molar-refractivity contribution in [3.8, 4) is 5.75 Å². The van der Waals surface area contributed by atoms with E-state index in [-0.39, 0.29) is 36.0 Å². The Hall–Kier alpha value is -3.82. The lowest BCUT2D eigenvalue weighted by Gasteiger charge is -2.49. The van der Waals surface area contributed by atoms with Crippen LogP contribution in [0.5, 0.6) is 5.75 Å². The van der Waals surface area contributed by atoms with Crippen LogP contribution in [0.3, 0.4) is 0 Å². The molecule has 0 saturated carbocycles. The van der Waals surface area contributed by atoms with Gasteiger partial charge in [-0.25, -0.2) is 19.8 Å². The van der Waals surface area contributed by atoms with E-state index in [2.05, 4.69) is 39.8 Å². The summed E-state index contributed by atoms with van der Waals surface area (Å²) < 4.78 is 5.88. The van der Waals surface area contributed by atoms with Gasteiger partial charge in [-0.2, -0.15) is 0 Å². The quantitative estimate of drug-likeness (QED) is 0.156. The molecule has 0 aromatic heterocycles. The van der Waals surface area contributed by atoms with Crippen molar-refractivity contribution >= 4 is 23.9 Å². The zero-order valence-electron chi connectivity index (χ0n) is 22.3. The van der Waals surface area contributed by atoms with Crippen LogP contribution in [0, 0.1) is 0 Å². The third-order valence-corrected chi connectivity index (χ3v) is 8.09. The summed E-state index contributed by atoms with van der Waals surface area (Å²) in [5, 5.41) is 32.5. The van der Waals surface area contributed by atoms with Crippen LogP contribution < -0.4 is 32.2 Å². The second-order valence-electron chi connectivity index (χ2n) is 10.8. The van der Waals surface area contributed by atoms with Gasteiger partial charge in [0.2, 0.25) is 5.79 Å². The number of nitrogens with zero attached hydrogens (tertiary/aromatic N) is 4. The molecule has 3 amide bonds. The van der Waals surface area contributed by atoms with Crippen LogP contribution in [0.15, 0.2) is 28.2 Å². The Morgan fingerprint density at radius 2 is 2.05 bits per heavy atom. The first-order valence-corrected chi connectivity index (χ1v) is 12.6. The van der Waals surface area contributed by atoms with E-state index >= 15 is 0 Å². The molecule has 5 rings (SSSR count). The van der Waals surface area contributed by atoms with Gasteiger partial charge in [-0.1, -0.05) is 26.0 Å². The molecule has 4 aliphatic heterocycles. The van der Waals surface area contributed by atoms with Crippen molar-refractivity contribution < 1.29 is 29.4 Å². The fourth-order valence-electron chi connectivity index (χ4n) is 5.82. The highest BCUT2D eigenvalue weighted by molar-refractivity contribution is 5.98. The minimum absolute atomic E-state index is 0.0330. The van der Waals surface area contributed by atoms with E-state index in [9.17, 15) is 19.8 Å². The number of amides is 3. The van der Waals surface area contributed by atoms with Crippen LogP contribution in [0.2, 0.25) is 0 Å². The fraction of sp³-hybridized carbons (Fsp3) is 0.583. The van der Waals surface area contributed by atoms with Gasteiger partial charge in [-0.05, 0) is 17.9 Å². The highest BCUT2D eigenvalue weighted by Gasteiger charge is 2.73. The molecule has 0 bridgehead atoms. The number of guanidine groups is 2. The normalized spacial score (nSPS) is 29.5. The van der Waals surface area contributed by atoms with Crippen molar-refractivity contribution in [3.05, 3.63) is 29.3 Å². The van der Waals surface area contributed by atoms with Gasteiger partial charge in [0.05, 0.1) is 25.3 Å². The Labute approximate surface area is 225 Å². The minimum Gasteiger partial charge on any atom is -0.492 e. The molecule has 1 aromatic rings. The third kappa shape index (κ3) is 3.99. The molecule has 0 aliphatic carbocycles. The molecule has 9 N–H and O–H groups in total. The lowest BCUT2D eigenvalue weighted by molar-refractivity contribution is -0.230. The Kier molecular flexibility index (Phi) is 6.27. The molecular formula is C24H35N9O6. The number of aliphatic imine (C=N–C) groups is 2. The maximum Gasteiger partial charge on any atom is 0.341 e. The molecule has 1 aromatic carbocycles. The highest BCUT2D eigenvalue weighted by atomic mass is 16.7. The Morgan fingerprint density at radius 3 is 2.77 bits per heavy atom. The zero-order chi connectivity index (χ0) is 28.3. The van der Waals surface area contributed by atoms with Crippen LogP contribution in [-0.2, 0) is 10.3 Å². The molecule has 3 unspecified atom stereocenters. The van der Waals surface area contributed by atoms with Crippen molar-refractivity contribution in [2.45, 2.75) is 55.3 Å². The molecule has 39 heavy (non-hydrogen) atoms. The first-order valence-electron chi connectivity index (χ1n) is 12.6. The van der Waals surface area contributed by atoms with Crippen molar-refractivity contribution in [3.63, 3.8) is 0 Å². The number of hydrogen-bond acceptors (Lipinski definition) is 12. The van der Waals surface area contributed by atoms with Gasteiger partial charge in [0.15, 0.2) is 17.6 Å². The summed E-state index contributed by atoms with van der Waals surface area (Å²) in [5.74, 6) is -2.77. The maximum atomic E-state index is 13.5. The lowest BCUT2D eigenvalue weighted by atomic mass is 9.79. The van der Waals surface area contributed by atoms with Crippen molar-refractivity contribution in [2.75, 3.05) is 33.9 Å². The highest BCUT2D eigenvalue weighted by Crippen LogP contribution is 2.45. The van der Waals surface area contributed by atoms with Crippen LogP contribution in [0.1, 0.15) is 36.2 Å². The largest absolute Gasteiger partial charge is 0.492 e. The molecular weight excluding hydrogens is 510 g/mol. The number of carbonyl (C=O) groups is 2. The Bertz CT molecular complexity index is 1250. The summed E-state index contributed by atoms with van der Waals surface area (Å²) in [6, 6.07) is 1.79. The molecule has 1 saturated heterocycles. The Morgan fingerprint density at radius 1 is 1.31 bits per heavy atom. The zero-order valence-corrected chi connectivity index (χ0v) is 22.3. The number of benzene rings is 1. The van der Waals surface area contributed by atoms with Gasteiger partial charge >= 0.3 is 6.03 Å². The average Bonchev–Trinajstić information content (AvgIpc) is 3.35. The van der Waals surface area contributed by atoms with E-state index in [4.69, 9.17) is 21.0 Å². The van der Waals surface area contributed by atoms with Crippen molar-refractivity contribution in [1.82, 2.24) is 25.9 Å². The van der Waals surface area contributed by atoms with E-state index < -0.39 is 41.5 Å². The van der Waals surface area contributed by atoms with E-state index in [0.29, 0.717) is 12.4 Å². The second kappa shape index (κ2) is 9.14. The predicted octanol–water partition coefficient (Wildman–Crippen LogP) is -2.28. The number of ether oxygens (including phenoxy) is 1. The van der Waals surface area contributed by atoms with E-state index in [1.54, 1.807) is 12.1 Å². The van der Waals surface area contributed by atoms with Gasteiger partial charge in [0.25, 0.3) is 5.91 Å². The summed E-state index contributed by atoms with van der Waals surface area (Å²) in [4.78, 5) is 40.9. The molecule has 212 valence electrons. The fourth-order valence-corrected chi connectivity index (χ4v) is 5.82.